The topological polar surface area (TPSA) is 86.8 Å². The largest absolute Gasteiger partial charge is 0.352 e. The van der Waals surface area contributed by atoms with Crippen molar-refractivity contribution in [3.8, 4) is 0 Å². The third-order valence-corrected chi connectivity index (χ3v) is 10.6. The average molecular weight is 652 g/mol. The van der Waals surface area contributed by atoms with E-state index in [2.05, 4.69) is 5.32 Å². The Balaban J connectivity index is 1.57. The third kappa shape index (κ3) is 8.89. The molecule has 4 aromatic carbocycles. The van der Waals surface area contributed by atoms with Crippen LogP contribution >= 0.6 is 0 Å². The summed E-state index contributed by atoms with van der Waals surface area (Å²) < 4.78 is 29.7. The Morgan fingerprint density at radius 2 is 1.34 bits per heavy atom. The van der Waals surface area contributed by atoms with E-state index in [0.29, 0.717) is 12.1 Å². The van der Waals surface area contributed by atoms with Gasteiger partial charge in [-0.15, -0.1) is 0 Å². The number of rotatable bonds is 12. The number of carbonyl (C=O) groups is 2. The fourth-order valence-corrected chi connectivity index (χ4v) is 7.75. The molecule has 0 spiro atoms. The van der Waals surface area contributed by atoms with Crippen LogP contribution in [0.1, 0.15) is 59.9 Å². The van der Waals surface area contributed by atoms with Gasteiger partial charge in [-0.05, 0) is 80.1 Å². The number of nitrogens with zero attached hydrogens (tertiary/aromatic N) is 2. The van der Waals surface area contributed by atoms with Gasteiger partial charge in [-0.2, -0.15) is 0 Å². The minimum atomic E-state index is -4.14. The van der Waals surface area contributed by atoms with Gasteiger partial charge in [-0.1, -0.05) is 104 Å². The van der Waals surface area contributed by atoms with Crippen molar-refractivity contribution >= 4 is 27.5 Å². The molecule has 0 heterocycles. The normalized spacial score (nSPS) is 14.3. The lowest BCUT2D eigenvalue weighted by Gasteiger charge is -2.35. The van der Waals surface area contributed by atoms with E-state index in [-0.39, 0.29) is 23.4 Å². The standard InChI is InChI=1S/C39H45N3O4S/c1-29-19-21-33(22-20-29)27-41(37(26-32-13-7-4-8-14-32)39(44)40-34-15-9-5-10-16-34)38(43)28-42(35-24-30(2)23-31(3)25-35)47(45,46)36-17-11-6-12-18-36/h4,6-8,11-14,17-25,34,37H,5,9-10,15-16,26-28H2,1-3H3,(H,40,44)/t37-/m1/s1. The monoisotopic (exact) mass is 651 g/mol. The molecule has 0 bridgehead atoms. The van der Waals surface area contributed by atoms with Gasteiger partial charge < -0.3 is 10.2 Å². The lowest BCUT2D eigenvalue weighted by molar-refractivity contribution is -0.140. The maximum atomic E-state index is 14.7. The highest BCUT2D eigenvalue weighted by Crippen LogP contribution is 2.27. The van der Waals surface area contributed by atoms with Gasteiger partial charge in [0.25, 0.3) is 10.0 Å². The Bertz CT molecular complexity index is 1730. The van der Waals surface area contributed by atoms with E-state index in [9.17, 15) is 18.0 Å². The van der Waals surface area contributed by atoms with Gasteiger partial charge in [0.05, 0.1) is 10.6 Å². The fourth-order valence-electron chi connectivity index (χ4n) is 6.33. The minimum Gasteiger partial charge on any atom is -0.352 e. The average Bonchev–Trinajstić information content (AvgIpc) is 3.06. The third-order valence-electron chi connectivity index (χ3n) is 8.80. The van der Waals surface area contributed by atoms with E-state index < -0.39 is 28.5 Å². The second-order valence-corrected chi connectivity index (χ2v) is 14.6. The molecule has 2 amide bonds. The van der Waals surface area contributed by atoms with Gasteiger partial charge >= 0.3 is 0 Å². The van der Waals surface area contributed by atoms with Gasteiger partial charge in [0.1, 0.15) is 12.6 Å². The molecule has 0 aliphatic heterocycles. The van der Waals surface area contributed by atoms with Crippen LogP contribution in [0.4, 0.5) is 5.69 Å². The number of nitrogens with one attached hydrogen (secondary N) is 1. The van der Waals surface area contributed by atoms with Gasteiger partial charge in [-0.3, -0.25) is 13.9 Å². The summed E-state index contributed by atoms with van der Waals surface area (Å²) in [7, 11) is -4.14. The molecular weight excluding hydrogens is 607 g/mol. The molecule has 5 rings (SSSR count). The molecule has 0 radical (unpaired) electrons. The molecule has 0 aromatic heterocycles. The Morgan fingerprint density at radius 3 is 1.96 bits per heavy atom. The number of aryl methyl sites for hydroxylation is 3. The second kappa shape index (κ2) is 15.4. The lowest BCUT2D eigenvalue weighted by atomic mass is 9.94. The van der Waals surface area contributed by atoms with E-state index in [1.54, 1.807) is 35.2 Å². The summed E-state index contributed by atoms with van der Waals surface area (Å²) in [6.07, 6.45) is 5.38. The van der Waals surface area contributed by atoms with Crippen molar-refractivity contribution in [1.82, 2.24) is 10.2 Å². The maximum Gasteiger partial charge on any atom is 0.264 e. The number of benzene rings is 4. The first-order chi connectivity index (χ1) is 22.6. The molecule has 0 unspecified atom stereocenters. The van der Waals surface area contributed by atoms with Crippen LogP contribution in [0, 0.1) is 20.8 Å². The number of hydrogen-bond acceptors (Lipinski definition) is 4. The van der Waals surface area contributed by atoms with Crippen LogP contribution in [0.2, 0.25) is 0 Å². The molecular formula is C39H45N3O4S. The van der Waals surface area contributed by atoms with E-state index in [4.69, 9.17) is 0 Å². The summed E-state index contributed by atoms with van der Waals surface area (Å²) in [6, 6.07) is 30.4. The Morgan fingerprint density at radius 1 is 0.745 bits per heavy atom. The van der Waals surface area contributed by atoms with Gasteiger partial charge in [0.15, 0.2) is 0 Å². The lowest BCUT2D eigenvalue weighted by Crippen LogP contribution is -2.55. The second-order valence-electron chi connectivity index (χ2n) is 12.7. The highest BCUT2D eigenvalue weighted by atomic mass is 32.2. The highest BCUT2D eigenvalue weighted by molar-refractivity contribution is 7.92. The van der Waals surface area contributed by atoms with Crippen molar-refractivity contribution in [2.45, 2.75) is 82.8 Å². The number of sulfonamides is 1. The number of amides is 2. The molecule has 0 saturated heterocycles. The quantitative estimate of drug-likeness (QED) is 0.181. The van der Waals surface area contributed by atoms with Crippen molar-refractivity contribution in [3.05, 3.63) is 131 Å². The minimum absolute atomic E-state index is 0.0519. The Labute approximate surface area is 279 Å². The van der Waals surface area contributed by atoms with Gasteiger partial charge in [-0.25, -0.2) is 8.42 Å². The summed E-state index contributed by atoms with van der Waals surface area (Å²) in [5.74, 6) is -0.672. The van der Waals surface area contributed by atoms with Crippen LogP contribution in [0.15, 0.2) is 108 Å². The van der Waals surface area contributed by atoms with Crippen LogP contribution in [0.5, 0.6) is 0 Å². The summed E-state index contributed by atoms with van der Waals surface area (Å²) in [5, 5.41) is 3.26. The Hall–Kier alpha value is -4.43. The van der Waals surface area contributed by atoms with Crippen LogP contribution in [-0.2, 0) is 32.6 Å². The molecule has 8 heteroatoms. The molecule has 1 saturated carbocycles. The fraction of sp³-hybridized carbons (Fsp3) is 0.333. The predicted molar refractivity (Wildman–Crippen MR) is 188 cm³/mol. The van der Waals surface area contributed by atoms with Gasteiger partial charge in [0, 0.05) is 19.0 Å². The molecule has 47 heavy (non-hydrogen) atoms. The van der Waals surface area contributed by atoms with Crippen LogP contribution in [0.3, 0.4) is 0 Å². The van der Waals surface area contributed by atoms with Crippen molar-refractivity contribution in [2.75, 3.05) is 10.8 Å². The predicted octanol–water partition coefficient (Wildman–Crippen LogP) is 6.90. The molecule has 1 aliphatic carbocycles. The Kier molecular flexibility index (Phi) is 11.1. The molecule has 7 nitrogen and oxygen atoms in total. The molecule has 1 fully saturated rings. The summed E-state index contributed by atoms with van der Waals surface area (Å²) >= 11 is 0. The van der Waals surface area contributed by atoms with Crippen molar-refractivity contribution < 1.29 is 18.0 Å². The number of hydrogen-bond donors (Lipinski definition) is 1. The zero-order valence-electron chi connectivity index (χ0n) is 27.6. The molecule has 1 aliphatic rings. The number of carbonyl (C=O) groups excluding carboxylic acids is 2. The summed E-state index contributed by atoms with van der Waals surface area (Å²) in [4.78, 5) is 30.6. The summed E-state index contributed by atoms with van der Waals surface area (Å²) in [5.41, 5.74) is 5.02. The first-order valence-corrected chi connectivity index (χ1v) is 17.9. The van der Waals surface area contributed by atoms with Crippen LogP contribution < -0.4 is 9.62 Å². The zero-order valence-corrected chi connectivity index (χ0v) is 28.4. The van der Waals surface area contributed by atoms with Crippen molar-refractivity contribution in [2.24, 2.45) is 0 Å². The van der Waals surface area contributed by atoms with Crippen molar-refractivity contribution in [1.29, 1.82) is 0 Å². The van der Waals surface area contributed by atoms with Crippen LogP contribution in [-0.4, -0.2) is 43.8 Å². The van der Waals surface area contributed by atoms with E-state index >= 15 is 0 Å². The van der Waals surface area contributed by atoms with E-state index in [1.807, 2.05) is 81.4 Å². The first kappa shape index (κ1) is 33.9. The maximum absolute atomic E-state index is 14.7. The molecule has 1 atom stereocenters. The molecule has 1 N–H and O–H groups in total. The number of anilines is 1. The smallest absolute Gasteiger partial charge is 0.264 e. The van der Waals surface area contributed by atoms with E-state index in [1.165, 1.54) is 16.4 Å². The SMILES string of the molecule is Cc1ccc(CN(C(=O)CN(c2cc(C)cc(C)c2)S(=O)(=O)c2ccccc2)[C@H](Cc2ccccc2)C(=O)NC2CCCCC2)cc1. The van der Waals surface area contributed by atoms with Crippen molar-refractivity contribution in [3.63, 3.8) is 0 Å². The first-order valence-electron chi connectivity index (χ1n) is 16.5. The molecule has 246 valence electrons. The van der Waals surface area contributed by atoms with E-state index in [0.717, 1.165) is 59.9 Å². The molecule has 4 aromatic rings. The van der Waals surface area contributed by atoms with Crippen LogP contribution in [0.25, 0.3) is 0 Å². The zero-order chi connectivity index (χ0) is 33.4. The summed E-state index contributed by atoms with van der Waals surface area (Å²) in [6.45, 7) is 5.50. The van der Waals surface area contributed by atoms with Gasteiger partial charge in [0.2, 0.25) is 11.8 Å². The highest BCUT2D eigenvalue weighted by Gasteiger charge is 2.35.